The van der Waals surface area contributed by atoms with Gasteiger partial charge in [-0.15, -0.1) is 0 Å². The van der Waals surface area contributed by atoms with E-state index < -0.39 is 12.7 Å². The number of ether oxygens (including phenoxy) is 2. The van der Waals surface area contributed by atoms with E-state index in [2.05, 4.69) is 10.1 Å². The lowest BCUT2D eigenvalue weighted by atomic mass is 10.1. The van der Waals surface area contributed by atoms with E-state index in [-0.39, 0.29) is 24.8 Å². The fourth-order valence-electron chi connectivity index (χ4n) is 2.36. The smallest absolute Gasteiger partial charge is 0.411 e. The van der Waals surface area contributed by atoms with Crippen LogP contribution in [0.15, 0.2) is 48.5 Å². The minimum atomic E-state index is -2.88. The highest BCUT2D eigenvalue weighted by molar-refractivity contribution is 5.96. The number of alkyl halides is 2. The Hall–Kier alpha value is -3.16. The zero-order valence-corrected chi connectivity index (χ0v) is 14.9. The number of amides is 2. The van der Waals surface area contributed by atoms with Crippen LogP contribution >= 0.6 is 0 Å². The molecule has 2 aromatic carbocycles. The number of hydrogen-bond acceptors (Lipinski definition) is 4. The molecule has 0 aliphatic heterocycles. The topological polar surface area (TPSA) is 67.9 Å². The van der Waals surface area contributed by atoms with E-state index in [0.717, 1.165) is 5.56 Å². The fraction of sp³-hybridized carbons (Fsp3) is 0.263. The van der Waals surface area contributed by atoms with E-state index in [1.54, 1.807) is 50.4 Å². The molecule has 8 heteroatoms. The van der Waals surface area contributed by atoms with Gasteiger partial charge in [0.25, 0.3) is 5.91 Å². The molecule has 2 amide bonds. The van der Waals surface area contributed by atoms with Gasteiger partial charge in [-0.05, 0) is 42.8 Å². The average molecular weight is 378 g/mol. The van der Waals surface area contributed by atoms with Crippen LogP contribution < -0.4 is 10.1 Å². The third-order valence-electron chi connectivity index (χ3n) is 3.55. The van der Waals surface area contributed by atoms with E-state index in [1.165, 1.54) is 17.0 Å². The Morgan fingerprint density at radius 2 is 1.85 bits per heavy atom. The largest absolute Gasteiger partial charge is 0.450 e. The minimum Gasteiger partial charge on any atom is -0.450 e. The lowest BCUT2D eigenvalue weighted by Gasteiger charge is -2.18. The third kappa shape index (κ3) is 6.25. The van der Waals surface area contributed by atoms with Gasteiger partial charge in [-0.2, -0.15) is 8.78 Å². The van der Waals surface area contributed by atoms with Crippen molar-refractivity contribution in [3.05, 3.63) is 59.7 Å². The first-order chi connectivity index (χ1) is 12.9. The Balaban J connectivity index is 2.01. The van der Waals surface area contributed by atoms with Crippen molar-refractivity contribution in [1.82, 2.24) is 4.90 Å². The van der Waals surface area contributed by atoms with Crippen LogP contribution in [0.1, 0.15) is 22.8 Å². The maximum atomic E-state index is 12.6. The Morgan fingerprint density at radius 1 is 1.15 bits per heavy atom. The van der Waals surface area contributed by atoms with Gasteiger partial charge in [-0.3, -0.25) is 10.1 Å². The third-order valence-corrected chi connectivity index (χ3v) is 3.55. The number of nitrogens with one attached hydrogen (secondary N) is 1. The molecule has 0 radical (unpaired) electrons. The summed E-state index contributed by atoms with van der Waals surface area (Å²) in [5, 5.41) is 2.54. The first-order valence-electron chi connectivity index (χ1n) is 8.22. The van der Waals surface area contributed by atoms with Crippen LogP contribution in [-0.4, -0.2) is 37.2 Å². The van der Waals surface area contributed by atoms with Gasteiger partial charge < -0.3 is 14.4 Å². The van der Waals surface area contributed by atoms with Crippen LogP contribution in [-0.2, 0) is 11.3 Å². The molecule has 1 N–H and O–H groups in total. The predicted molar refractivity (Wildman–Crippen MR) is 96.0 cm³/mol. The Kier molecular flexibility index (Phi) is 7.10. The highest BCUT2D eigenvalue weighted by Crippen LogP contribution is 2.17. The fourth-order valence-corrected chi connectivity index (χ4v) is 2.36. The second-order valence-electron chi connectivity index (χ2n) is 5.61. The maximum absolute atomic E-state index is 12.6. The Morgan fingerprint density at radius 3 is 2.48 bits per heavy atom. The highest BCUT2D eigenvalue weighted by Gasteiger charge is 2.14. The van der Waals surface area contributed by atoms with Crippen molar-refractivity contribution in [3.8, 4) is 5.75 Å². The second kappa shape index (κ2) is 9.51. The summed E-state index contributed by atoms with van der Waals surface area (Å²) in [7, 11) is 1.62. The molecule has 0 unspecified atom stereocenters. The van der Waals surface area contributed by atoms with Crippen LogP contribution in [0.3, 0.4) is 0 Å². The first kappa shape index (κ1) is 20.2. The Labute approximate surface area is 155 Å². The summed E-state index contributed by atoms with van der Waals surface area (Å²) in [5.74, 6) is -0.198. The number of hydrogen-bond donors (Lipinski definition) is 1. The molecule has 0 heterocycles. The summed E-state index contributed by atoms with van der Waals surface area (Å²) in [6.07, 6.45) is -0.596. The normalized spacial score (nSPS) is 10.4. The van der Waals surface area contributed by atoms with E-state index in [0.29, 0.717) is 11.3 Å². The summed E-state index contributed by atoms with van der Waals surface area (Å²) in [6.45, 7) is -0.659. The second-order valence-corrected chi connectivity index (χ2v) is 5.61. The molecule has 0 atom stereocenters. The van der Waals surface area contributed by atoms with Crippen molar-refractivity contribution >= 4 is 17.7 Å². The van der Waals surface area contributed by atoms with Gasteiger partial charge in [0.2, 0.25) is 0 Å². The van der Waals surface area contributed by atoms with Gasteiger partial charge in [0.1, 0.15) is 5.75 Å². The molecular formula is C19H20F2N2O4. The molecule has 6 nitrogen and oxygen atoms in total. The molecule has 0 aromatic heterocycles. The van der Waals surface area contributed by atoms with Crippen molar-refractivity contribution in [2.24, 2.45) is 0 Å². The zero-order chi connectivity index (χ0) is 19.8. The van der Waals surface area contributed by atoms with Crippen LogP contribution in [0, 0.1) is 0 Å². The van der Waals surface area contributed by atoms with Crippen LogP contribution in [0.2, 0.25) is 0 Å². The first-order valence-corrected chi connectivity index (χ1v) is 8.22. The number of carbonyl (C=O) groups is 2. The quantitative estimate of drug-likeness (QED) is 0.787. The standard InChI is InChI=1S/C19H20F2N2O4/c1-3-26-19(25)22-15-6-4-5-14(11-15)17(24)23(2)12-13-7-9-16(10-8-13)27-18(20)21/h4-11,18H,3,12H2,1-2H3,(H,22,25). The molecule has 0 saturated carbocycles. The van der Waals surface area contributed by atoms with Crippen LogP contribution in [0.5, 0.6) is 5.75 Å². The van der Waals surface area contributed by atoms with Crippen molar-refractivity contribution in [2.45, 2.75) is 20.1 Å². The zero-order valence-electron chi connectivity index (χ0n) is 14.9. The summed E-state index contributed by atoms with van der Waals surface area (Å²) in [4.78, 5) is 25.5. The molecule has 0 spiro atoms. The van der Waals surface area contributed by atoms with E-state index >= 15 is 0 Å². The monoisotopic (exact) mass is 378 g/mol. The van der Waals surface area contributed by atoms with Crippen molar-refractivity contribution in [2.75, 3.05) is 19.0 Å². The maximum Gasteiger partial charge on any atom is 0.411 e. The number of nitrogens with zero attached hydrogens (tertiary/aromatic N) is 1. The number of rotatable bonds is 7. The highest BCUT2D eigenvalue weighted by atomic mass is 19.3. The van der Waals surface area contributed by atoms with E-state index in [9.17, 15) is 18.4 Å². The lowest BCUT2D eigenvalue weighted by Crippen LogP contribution is -2.26. The molecule has 0 saturated heterocycles. The van der Waals surface area contributed by atoms with Gasteiger partial charge >= 0.3 is 12.7 Å². The predicted octanol–water partition coefficient (Wildman–Crippen LogP) is 4.13. The van der Waals surface area contributed by atoms with Gasteiger partial charge in [0.15, 0.2) is 0 Å². The minimum absolute atomic E-state index is 0.0560. The average Bonchev–Trinajstić information content (AvgIpc) is 2.62. The number of benzene rings is 2. The SMILES string of the molecule is CCOC(=O)Nc1cccc(C(=O)N(C)Cc2ccc(OC(F)F)cc2)c1. The lowest BCUT2D eigenvalue weighted by molar-refractivity contribution is -0.0498. The molecule has 2 aromatic rings. The van der Waals surface area contributed by atoms with Crippen LogP contribution in [0.4, 0.5) is 19.3 Å². The summed E-state index contributed by atoms with van der Waals surface area (Å²) >= 11 is 0. The van der Waals surface area contributed by atoms with Crippen molar-refractivity contribution in [3.63, 3.8) is 0 Å². The summed E-state index contributed by atoms with van der Waals surface area (Å²) < 4.78 is 33.4. The molecule has 27 heavy (non-hydrogen) atoms. The molecule has 0 bridgehead atoms. The van der Waals surface area contributed by atoms with Gasteiger partial charge in [-0.25, -0.2) is 4.79 Å². The van der Waals surface area contributed by atoms with E-state index in [4.69, 9.17) is 4.74 Å². The summed E-state index contributed by atoms with van der Waals surface area (Å²) in [6, 6.07) is 12.5. The van der Waals surface area contributed by atoms with Crippen LogP contribution in [0.25, 0.3) is 0 Å². The molecule has 144 valence electrons. The van der Waals surface area contributed by atoms with Gasteiger partial charge in [0, 0.05) is 24.8 Å². The number of halogens is 2. The molecule has 2 rings (SSSR count). The summed E-state index contributed by atoms with van der Waals surface area (Å²) in [5.41, 5.74) is 1.60. The number of carbonyl (C=O) groups excluding carboxylic acids is 2. The molecule has 0 aliphatic rings. The van der Waals surface area contributed by atoms with E-state index in [1.807, 2.05) is 0 Å². The van der Waals surface area contributed by atoms with Crippen molar-refractivity contribution < 1.29 is 27.8 Å². The molecule has 0 aliphatic carbocycles. The van der Waals surface area contributed by atoms with Crippen molar-refractivity contribution in [1.29, 1.82) is 0 Å². The van der Waals surface area contributed by atoms with Gasteiger partial charge in [-0.1, -0.05) is 18.2 Å². The number of anilines is 1. The Bertz CT molecular complexity index is 782. The molecule has 0 fully saturated rings. The van der Waals surface area contributed by atoms with Gasteiger partial charge in [0.05, 0.1) is 6.61 Å². The molecular weight excluding hydrogens is 358 g/mol.